The van der Waals surface area contributed by atoms with Gasteiger partial charge in [0, 0.05) is 45.8 Å². The fourth-order valence-corrected chi connectivity index (χ4v) is 2.52. The molecule has 0 saturated carbocycles. The molecular weight excluding hydrogens is 232 g/mol. The van der Waals surface area contributed by atoms with Gasteiger partial charge in [-0.15, -0.1) is 0 Å². The van der Waals surface area contributed by atoms with Crippen LogP contribution in [0.1, 0.15) is 6.42 Å². The SMILES string of the molecule is NCCN1CCCN(C(=O)N2CCOCC2)CC1. The summed E-state index contributed by atoms with van der Waals surface area (Å²) in [5.41, 5.74) is 5.58. The number of amides is 2. The van der Waals surface area contributed by atoms with Crippen molar-refractivity contribution in [2.75, 3.05) is 65.6 Å². The minimum Gasteiger partial charge on any atom is -0.378 e. The number of nitrogens with two attached hydrogens (primary N) is 1. The average molecular weight is 256 g/mol. The van der Waals surface area contributed by atoms with Crippen LogP contribution in [0.25, 0.3) is 0 Å². The van der Waals surface area contributed by atoms with Crippen LogP contribution >= 0.6 is 0 Å². The van der Waals surface area contributed by atoms with Crippen molar-refractivity contribution in [2.45, 2.75) is 6.42 Å². The van der Waals surface area contributed by atoms with Gasteiger partial charge in [-0.2, -0.15) is 0 Å². The van der Waals surface area contributed by atoms with E-state index in [0.717, 1.165) is 52.2 Å². The predicted molar refractivity (Wildman–Crippen MR) is 69.5 cm³/mol. The molecule has 0 atom stereocenters. The van der Waals surface area contributed by atoms with Gasteiger partial charge in [0.2, 0.25) is 0 Å². The normalized spacial score (nSPS) is 22.9. The van der Waals surface area contributed by atoms with Gasteiger partial charge >= 0.3 is 6.03 Å². The number of hydrogen-bond donors (Lipinski definition) is 1. The fraction of sp³-hybridized carbons (Fsp3) is 0.917. The first-order chi connectivity index (χ1) is 8.81. The van der Waals surface area contributed by atoms with Gasteiger partial charge in [0.25, 0.3) is 0 Å². The van der Waals surface area contributed by atoms with Gasteiger partial charge in [-0.05, 0) is 13.0 Å². The van der Waals surface area contributed by atoms with E-state index in [2.05, 4.69) is 4.90 Å². The maximum Gasteiger partial charge on any atom is 0.320 e. The molecular formula is C12H24N4O2. The Hall–Kier alpha value is -0.850. The molecule has 0 radical (unpaired) electrons. The molecule has 2 amide bonds. The Labute approximate surface area is 109 Å². The predicted octanol–water partition coefficient (Wildman–Crippen LogP) is -0.595. The number of hydrogen-bond acceptors (Lipinski definition) is 4. The lowest BCUT2D eigenvalue weighted by Gasteiger charge is -2.32. The quantitative estimate of drug-likeness (QED) is 0.717. The minimum absolute atomic E-state index is 0.174. The largest absolute Gasteiger partial charge is 0.378 e. The van der Waals surface area contributed by atoms with Gasteiger partial charge in [0.15, 0.2) is 0 Å². The molecule has 18 heavy (non-hydrogen) atoms. The molecule has 2 saturated heterocycles. The zero-order valence-corrected chi connectivity index (χ0v) is 11.0. The van der Waals surface area contributed by atoms with E-state index in [1.165, 1.54) is 0 Å². The summed E-state index contributed by atoms with van der Waals surface area (Å²) in [6, 6.07) is 0.174. The molecule has 2 fully saturated rings. The number of morpholine rings is 1. The van der Waals surface area contributed by atoms with Gasteiger partial charge in [0.1, 0.15) is 0 Å². The van der Waals surface area contributed by atoms with E-state index in [1.807, 2.05) is 9.80 Å². The monoisotopic (exact) mass is 256 g/mol. The maximum atomic E-state index is 12.3. The standard InChI is InChI=1S/C12H24N4O2/c13-2-5-14-3-1-4-15(7-6-14)12(17)16-8-10-18-11-9-16/h1-11,13H2. The Bertz CT molecular complexity index is 269. The lowest BCUT2D eigenvalue weighted by molar-refractivity contribution is 0.0436. The van der Waals surface area contributed by atoms with E-state index in [-0.39, 0.29) is 6.03 Å². The van der Waals surface area contributed by atoms with Crippen LogP contribution in [0, 0.1) is 0 Å². The van der Waals surface area contributed by atoms with Crippen molar-refractivity contribution < 1.29 is 9.53 Å². The van der Waals surface area contributed by atoms with Crippen molar-refractivity contribution in [1.82, 2.24) is 14.7 Å². The second kappa shape index (κ2) is 6.92. The fourth-order valence-electron chi connectivity index (χ4n) is 2.52. The van der Waals surface area contributed by atoms with E-state index in [0.29, 0.717) is 19.8 Å². The van der Waals surface area contributed by atoms with Crippen molar-refractivity contribution in [3.05, 3.63) is 0 Å². The molecule has 2 heterocycles. The molecule has 0 aromatic heterocycles. The number of nitrogens with zero attached hydrogens (tertiary/aromatic N) is 3. The van der Waals surface area contributed by atoms with Crippen LogP contribution in [0.2, 0.25) is 0 Å². The second-order valence-corrected chi connectivity index (χ2v) is 4.85. The first-order valence-electron chi connectivity index (χ1n) is 6.85. The first kappa shape index (κ1) is 13.6. The molecule has 0 aromatic carbocycles. The summed E-state index contributed by atoms with van der Waals surface area (Å²) in [7, 11) is 0. The summed E-state index contributed by atoms with van der Waals surface area (Å²) in [5, 5.41) is 0. The molecule has 2 aliphatic heterocycles. The Morgan fingerprint density at radius 1 is 1.00 bits per heavy atom. The number of rotatable bonds is 2. The third kappa shape index (κ3) is 3.57. The van der Waals surface area contributed by atoms with E-state index in [4.69, 9.17) is 10.5 Å². The zero-order chi connectivity index (χ0) is 12.8. The first-order valence-corrected chi connectivity index (χ1v) is 6.85. The molecule has 0 bridgehead atoms. The van der Waals surface area contributed by atoms with Crippen LogP contribution in [-0.4, -0.2) is 86.3 Å². The van der Waals surface area contributed by atoms with Crippen molar-refractivity contribution in [3.63, 3.8) is 0 Å². The summed E-state index contributed by atoms with van der Waals surface area (Å²) in [5.74, 6) is 0. The smallest absolute Gasteiger partial charge is 0.320 e. The minimum atomic E-state index is 0.174. The van der Waals surface area contributed by atoms with Crippen molar-refractivity contribution in [2.24, 2.45) is 5.73 Å². The highest BCUT2D eigenvalue weighted by Crippen LogP contribution is 2.08. The van der Waals surface area contributed by atoms with Gasteiger partial charge in [0.05, 0.1) is 13.2 Å². The molecule has 0 aromatic rings. The Balaban J connectivity index is 1.82. The molecule has 6 nitrogen and oxygen atoms in total. The zero-order valence-electron chi connectivity index (χ0n) is 11.0. The van der Waals surface area contributed by atoms with E-state index in [9.17, 15) is 4.79 Å². The van der Waals surface area contributed by atoms with Gasteiger partial charge in [-0.1, -0.05) is 0 Å². The van der Waals surface area contributed by atoms with Crippen LogP contribution in [0.3, 0.4) is 0 Å². The molecule has 2 N–H and O–H groups in total. The number of ether oxygens (including phenoxy) is 1. The average Bonchev–Trinajstić information content (AvgIpc) is 2.65. The van der Waals surface area contributed by atoms with Gasteiger partial charge < -0.3 is 25.2 Å². The van der Waals surface area contributed by atoms with Gasteiger partial charge in [-0.3, -0.25) is 0 Å². The van der Waals surface area contributed by atoms with E-state index in [1.54, 1.807) is 0 Å². The molecule has 2 rings (SSSR count). The van der Waals surface area contributed by atoms with Crippen molar-refractivity contribution in [3.8, 4) is 0 Å². The lowest BCUT2D eigenvalue weighted by atomic mass is 10.3. The highest BCUT2D eigenvalue weighted by molar-refractivity contribution is 5.74. The van der Waals surface area contributed by atoms with Crippen molar-refractivity contribution in [1.29, 1.82) is 0 Å². The van der Waals surface area contributed by atoms with Crippen LogP contribution in [-0.2, 0) is 4.74 Å². The number of urea groups is 1. The summed E-state index contributed by atoms with van der Waals surface area (Å²) in [6.07, 6.45) is 1.04. The Morgan fingerprint density at radius 2 is 1.72 bits per heavy atom. The maximum absolute atomic E-state index is 12.3. The van der Waals surface area contributed by atoms with Crippen molar-refractivity contribution >= 4 is 6.03 Å². The molecule has 0 unspecified atom stereocenters. The highest BCUT2D eigenvalue weighted by atomic mass is 16.5. The highest BCUT2D eigenvalue weighted by Gasteiger charge is 2.24. The Kier molecular flexibility index (Phi) is 5.22. The lowest BCUT2D eigenvalue weighted by Crippen LogP contribution is -2.49. The summed E-state index contributed by atoms with van der Waals surface area (Å²) >= 11 is 0. The third-order valence-corrected chi connectivity index (χ3v) is 3.59. The van der Waals surface area contributed by atoms with E-state index < -0.39 is 0 Å². The van der Waals surface area contributed by atoms with Crippen LogP contribution in [0.5, 0.6) is 0 Å². The topological polar surface area (TPSA) is 62.0 Å². The number of carbonyl (C=O) groups excluding carboxylic acids is 1. The third-order valence-electron chi connectivity index (χ3n) is 3.59. The molecule has 0 spiro atoms. The summed E-state index contributed by atoms with van der Waals surface area (Å²) in [4.78, 5) is 18.5. The molecule has 6 heteroatoms. The van der Waals surface area contributed by atoms with Crippen LogP contribution < -0.4 is 5.73 Å². The molecule has 2 aliphatic rings. The van der Waals surface area contributed by atoms with Crippen LogP contribution in [0.15, 0.2) is 0 Å². The summed E-state index contributed by atoms with van der Waals surface area (Å²) < 4.78 is 5.28. The van der Waals surface area contributed by atoms with E-state index >= 15 is 0 Å². The molecule has 0 aliphatic carbocycles. The summed E-state index contributed by atoms with van der Waals surface area (Å²) in [6.45, 7) is 8.06. The number of carbonyl (C=O) groups is 1. The second-order valence-electron chi connectivity index (χ2n) is 4.85. The molecule has 104 valence electrons. The Morgan fingerprint density at radius 3 is 2.44 bits per heavy atom. The van der Waals surface area contributed by atoms with Crippen LogP contribution in [0.4, 0.5) is 4.79 Å². The van der Waals surface area contributed by atoms with Gasteiger partial charge in [-0.25, -0.2) is 4.79 Å².